The number of carbonyl (C=O) groups is 1. The normalized spacial score (nSPS) is 26.7. The summed E-state index contributed by atoms with van der Waals surface area (Å²) in [5.74, 6) is 0.528. The molecule has 22 heavy (non-hydrogen) atoms. The average Bonchev–Trinajstić information content (AvgIpc) is 2.88. The Labute approximate surface area is 129 Å². The largest absolute Gasteiger partial charge is 0.472 e. The summed E-state index contributed by atoms with van der Waals surface area (Å²) >= 11 is 0. The summed E-state index contributed by atoms with van der Waals surface area (Å²) in [5.41, 5.74) is 2.69. The molecule has 2 aliphatic rings. The number of pyridine rings is 1. The molecular weight excluding hydrogens is 278 g/mol. The summed E-state index contributed by atoms with van der Waals surface area (Å²) in [5, 5.41) is 3.20. The minimum atomic E-state index is -0.0435. The third kappa shape index (κ3) is 2.41. The van der Waals surface area contributed by atoms with Gasteiger partial charge in [-0.15, -0.1) is 0 Å². The molecule has 1 amide bonds. The predicted octanol–water partition coefficient (Wildman–Crippen LogP) is 1.99. The topological polar surface area (TPSA) is 58.4 Å². The number of nitrogens with zero attached hydrogens (tertiary/aromatic N) is 2. The van der Waals surface area contributed by atoms with Crippen LogP contribution in [0.15, 0.2) is 41.2 Å². The van der Waals surface area contributed by atoms with Crippen LogP contribution < -0.4 is 5.32 Å². The minimum absolute atomic E-state index is 0.0354. The van der Waals surface area contributed by atoms with Crippen LogP contribution in [-0.4, -0.2) is 34.4 Å². The van der Waals surface area contributed by atoms with Crippen molar-refractivity contribution in [3.63, 3.8) is 0 Å². The van der Waals surface area contributed by atoms with E-state index < -0.39 is 0 Å². The standard InChI is InChI=1S/C17H19N3O2/c1-12-3-2-4-15(18-12)9-20-8-14-7-17(14,11-20)19-16(21)13-5-6-22-10-13/h2-6,10,14H,7-9,11H2,1H3,(H,19,21)/t14-,17+/m1/s1. The number of aromatic nitrogens is 1. The number of rotatable bonds is 4. The molecule has 2 fully saturated rings. The first-order chi connectivity index (χ1) is 10.6. The molecule has 2 aromatic rings. The second-order valence-electron chi connectivity index (χ2n) is 6.46. The molecule has 0 unspecified atom stereocenters. The monoisotopic (exact) mass is 297 g/mol. The number of nitrogens with one attached hydrogen (secondary N) is 1. The summed E-state index contributed by atoms with van der Waals surface area (Å²) in [4.78, 5) is 19.1. The molecule has 1 N–H and O–H groups in total. The highest BCUT2D eigenvalue weighted by atomic mass is 16.3. The van der Waals surface area contributed by atoms with Crippen LogP contribution >= 0.6 is 0 Å². The van der Waals surface area contributed by atoms with E-state index in [4.69, 9.17) is 4.42 Å². The van der Waals surface area contributed by atoms with Crippen LogP contribution in [0, 0.1) is 12.8 Å². The first kappa shape index (κ1) is 13.5. The highest BCUT2D eigenvalue weighted by molar-refractivity contribution is 5.94. The molecule has 1 aliphatic heterocycles. The molecule has 0 aromatic carbocycles. The summed E-state index contributed by atoms with van der Waals surface area (Å²) in [6.07, 6.45) is 4.10. The van der Waals surface area contributed by atoms with Gasteiger partial charge in [0, 0.05) is 25.3 Å². The molecule has 0 spiro atoms. The summed E-state index contributed by atoms with van der Waals surface area (Å²) in [6.45, 7) is 4.79. The van der Waals surface area contributed by atoms with Crippen molar-refractivity contribution in [1.82, 2.24) is 15.2 Å². The first-order valence-electron chi connectivity index (χ1n) is 7.64. The molecular formula is C17H19N3O2. The van der Waals surface area contributed by atoms with Crippen LogP contribution in [0.5, 0.6) is 0 Å². The third-order valence-corrected chi connectivity index (χ3v) is 4.69. The van der Waals surface area contributed by atoms with Crippen molar-refractivity contribution in [2.45, 2.75) is 25.4 Å². The molecule has 1 saturated heterocycles. The van der Waals surface area contributed by atoms with Crippen LogP contribution in [0.4, 0.5) is 0 Å². The van der Waals surface area contributed by atoms with Gasteiger partial charge < -0.3 is 9.73 Å². The molecule has 114 valence electrons. The van der Waals surface area contributed by atoms with E-state index in [2.05, 4.69) is 21.3 Å². The Bertz CT molecular complexity index is 698. The fourth-order valence-corrected chi connectivity index (χ4v) is 3.51. The molecule has 1 aliphatic carbocycles. The molecule has 4 rings (SSSR count). The lowest BCUT2D eigenvalue weighted by Crippen LogP contribution is -2.42. The van der Waals surface area contributed by atoms with Gasteiger partial charge in [0.15, 0.2) is 0 Å². The lowest BCUT2D eigenvalue weighted by molar-refractivity contribution is 0.0926. The SMILES string of the molecule is Cc1cccc(CN2C[C@H]3C[C@]3(NC(=O)c3ccoc3)C2)n1. The van der Waals surface area contributed by atoms with Crippen LogP contribution in [-0.2, 0) is 6.54 Å². The number of likely N-dealkylation sites (tertiary alicyclic amines) is 1. The molecule has 5 nitrogen and oxygen atoms in total. The maximum absolute atomic E-state index is 12.2. The van der Waals surface area contributed by atoms with Gasteiger partial charge in [-0.2, -0.15) is 0 Å². The Hall–Kier alpha value is -2.14. The zero-order chi connectivity index (χ0) is 15.2. The quantitative estimate of drug-likeness (QED) is 0.937. The fraction of sp³-hybridized carbons (Fsp3) is 0.412. The Kier molecular flexibility index (Phi) is 3.04. The first-order valence-corrected chi connectivity index (χ1v) is 7.64. The molecule has 0 radical (unpaired) electrons. The third-order valence-electron chi connectivity index (χ3n) is 4.69. The number of hydrogen-bond donors (Lipinski definition) is 1. The number of aryl methyl sites for hydroxylation is 1. The smallest absolute Gasteiger partial charge is 0.255 e. The summed E-state index contributed by atoms with van der Waals surface area (Å²) < 4.78 is 4.98. The van der Waals surface area contributed by atoms with Crippen molar-refractivity contribution in [2.24, 2.45) is 5.92 Å². The number of fused-ring (bicyclic) bond motifs is 1. The van der Waals surface area contributed by atoms with Gasteiger partial charge in [0.1, 0.15) is 6.26 Å². The van der Waals surface area contributed by atoms with Gasteiger partial charge in [-0.1, -0.05) is 6.07 Å². The van der Waals surface area contributed by atoms with E-state index >= 15 is 0 Å². The van der Waals surface area contributed by atoms with E-state index in [0.29, 0.717) is 11.5 Å². The van der Waals surface area contributed by atoms with Crippen molar-refractivity contribution >= 4 is 5.91 Å². The zero-order valence-electron chi connectivity index (χ0n) is 12.6. The fourth-order valence-electron chi connectivity index (χ4n) is 3.51. The Morgan fingerprint density at radius 2 is 2.41 bits per heavy atom. The lowest BCUT2D eigenvalue weighted by Gasteiger charge is -2.21. The van der Waals surface area contributed by atoms with E-state index in [-0.39, 0.29) is 11.4 Å². The van der Waals surface area contributed by atoms with Crippen LogP contribution in [0.3, 0.4) is 0 Å². The van der Waals surface area contributed by atoms with Crippen molar-refractivity contribution in [3.8, 4) is 0 Å². The number of hydrogen-bond acceptors (Lipinski definition) is 4. The Morgan fingerprint density at radius 3 is 3.18 bits per heavy atom. The minimum Gasteiger partial charge on any atom is -0.472 e. The summed E-state index contributed by atoms with van der Waals surface area (Å²) in [6, 6.07) is 7.82. The second kappa shape index (κ2) is 4.95. The molecule has 2 aromatic heterocycles. The maximum Gasteiger partial charge on any atom is 0.255 e. The molecule has 3 heterocycles. The van der Waals surface area contributed by atoms with Gasteiger partial charge in [0.05, 0.1) is 23.1 Å². The van der Waals surface area contributed by atoms with E-state index in [0.717, 1.165) is 37.4 Å². The van der Waals surface area contributed by atoms with Crippen LogP contribution in [0.25, 0.3) is 0 Å². The van der Waals surface area contributed by atoms with E-state index in [1.54, 1.807) is 6.07 Å². The number of amides is 1. The number of carbonyl (C=O) groups excluding carboxylic acids is 1. The van der Waals surface area contributed by atoms with Crippen LogP contribution in [0.1, 0.15) is 28.2 Å². The van der Waals surface area contributed by atoms with Crippen molar-refractivity contribution in [2.75, 3.05) is 13.1 Å². The maximum atomic E-state index is 12.2. The van der Waals surface area contributed by atoms with E-state index in [1.807, 2.05) is 19.1 Å². The summed E-state index contributed by atoms with van der Waals surface area (Å²) in [7, 11) is 0. The van der Waals surface area contributed by atoms with Crippen molar-refractivity contribution in [1.29, 1.82) is 0 Å². The molecule has 5 heteroatoms. The van der Waals surface area contributed by atoms with Crippen molar-refractivity contribution < 1.29 is 9.21 Å². The lowest BCUT2D eigenvalue weighted by atomic mass is 10.2. The van der Waals surface area contributed by atoms with E-state index in [1.165, 1.54) is 12.5 Å². The Balaban J connectivity index is 1.39. The van der Waals surface area contributed by atoms with Gasteiger partial charge in [-0.05, 0) is 37.5 Å². The van der Waals surface area contributed by atoms with Gasteiger partial charge in [0.2, 0.25) is 0 Å². The average molecular weight is 297 g/mol. The van der Waals surface area contributed by atoms with Crippen LogP contribution in [0.2, 0.25) is 0 Å². The molecule has 0 bridgehead atoms. The van der Waals surface area contributed by atoms with Gasteiger partial charge in [-0.25, -0.2) is 0 Å². The highest BCUT2D eigenvalue weighted by Crippen LogP contribution is 2.49. The second-order valence-corrected chi connectivity index (χ2v) is 6.46. The number of piperidine rings is 1. The number of furan rings is 1. The Morgan fingerprint density at radius 1 is 1.50 bits per heavy atom. The van der Waals surface area contributed by atoms with Crippen molar-refractivity contribution in [3.05, 3.63) is 53.7 Å². The van der Waals surface area contributed by atoms with Gasteiger partial charge in [-0.3, -0.25) is 14.7 Å². The van der Waals surface area contributed by atoms with Gasteiger partial charge in [0.25, 0.3) is 5.91 Å². The predicted molar refractivity (Wildman–Crippen MR) is 81.3 cm³/mol. The van der Waals surface area contributed by atoms with E-state index in [9.17, 15) is 4.79 Å². The molecule has 2 atom stereocenters. The highest BCUT2D eigenvalue weighted by Gasteiger charge is 2.60. The molecule has 1 saturated carbocycles. The van der Waals surface area contributed by atoms with Gasteiger partial charge >= 0.3 is 0 Å². The zero-order valence-corrected chi connectivity index (χ0v) is 12.6.